The SMILES string of the molecule is CCN(CC(=O)N1CCCN(c2ccc(-c3ccc(F)cc3)nn2)CC1)C(=O)c1ccc(Cl)cc1. The maximum atomic E-state index is 13.2. The van der Waals surface area contributed by atoms with Crippen LogP contribution in [0.15, 0.2) is 60.7 Å². The molecule has 2 heterocycles. The Balaban J connectivity index is 1.35. The van der Waals surface area contributed by atoms with Crippen molar-refractivity contribution in [1.29, 1.82) is 0 Å². The van der Waals surface area contributed by atoms with Gasteiger partial charge in [0.2, 0.25) is 5.91 Å². The highest BCUT2D eigenvalue weighted by Gasteiger charge is 2.24. The summed E-state index contributed by atoms with van der Waals surface area (Å²) in [5.41, 5.74) is 1.98. The smallest absolute Gasteiger partial charge is 0.254 e. The molecule has 4 rings (SSSR count). The molecule has 2 aromatic carbocycles. The van der Waals surface area contributed by atoms with Gasteiger partial charge in [-0.2, -0.15) is 0 Å². The maximum Gasteiger partial charge on any atom is 0.254 e. The average Bonchev–Trinajstić information content (AvgIpc) is 3.14. The number of aromatic nitrogens is 2. The monoisotopic (exact) mass is 495 g/mol. The van der Waals surface area contributed by atoms with Gasteiger partial charge in [0.1, 0.15) is 12.4 Å². The third-order valence-electron chi connectivity index (χ3n) is 6.05. The van der Waals surface area contributed by atoms with Crippen molar-refractivity contribution in [2.75, 3.05) is 44.2 Å². The van der Waals surface area contributed by atoms with Crippen LogP contribution in [-0.2, 0) is 4.79 Å². The van der Waals surface area contributed by atoms with Gasteiger partial charge in [0, 0.05) is 48.9 Å². The molecule has 0 aliphatic carbocycles. The number of carbonyl (C=O) groups excluding carboxylic acids is 2. The molecule has 0 atom stereocenters. The van der Waals surface area contributed by atoms with Gasteiger partial charge in [0.15, 0.2) is 5.82 Å². The molecule has 1 saturated heterocycles. The summed E-state index contributed by atoms with van der Waals surface area (Å²) in [5.74, 6) is 0.177. The highest BCUT2D eigenvalue weighted by molar-refractivity contribution is 6.30. The van der Waals surface area contributed by atoms with Crippen LogP contribution in [0, 0.1) is 5.82 Å². The average molecular weight is 496 g/mol. The Morgan fingerprint density at radius 1 is 0.943 bits per heavy atom. The molecule has 7 nitrogen and oxygen atoms in total. The van der Waals surface area contributed by atoms with E-state index in [0.29, 0.717) is 42.5 Å². The zero-order chi connectivity index (χ0) is 24.8. The molecule has 0 N–H and O–H groups in total. The summed E-state index contributed by atoms with van der Waals surface area (Å²) in [6.45, 7) is 4.84. The summed E-state index contributed by atoms with van der Waals surface area (Å²) in [6, 6.07) is 16.6. The largest absolute Gasteiger partial charge is 0.353 e. The van der Waals surface area contributed by atoms with Gasteiger partial charge in [-0.15, -0.1) is 10.2 Å². The Morgan fingerprint density at radius 3 is 2.34 bits per heavy atom. The van der Waals surface area contributed by atoms with E-state index in [0.717, 1.165) is 24.3 Å². The van der Waals surface area contributed by atoms with Crippen LogP contribution in [0.2, 0.25) is 5.02 Å². The minimum Gasteiger partial charge on any atom is -0.353 e. The second-order valence-electron chi connectivity index (χ2n) is 8.33. The highest BCUT2D eigenvalue weighted by atomic mass is 35.5. The van der Waals surface area contributed by atoms with E-state index in [9.17, 15) is 14.0 Å². The van der Waals surface area contributed by atoms with E-state index in [-0.39, 0.29) is 24.2 Å². The summed E-state index contributed by atoms with van der Waals surface area (Å²) in [7, 11) is 0. The number of amides is 2. The molecule has 2 amide bonds. The summed E-state index contributed by atoms with van der Waals surface area (Å²) < 4.78 is 13.2. The van der Waals surface area contributed by atoms with Crippen molar-refractivity contribution in [3.8, 4) is 11.3 Å². The van der Waals surface area contributed by atoms with Crippen LogP contribution in [0.3, 0.4) is 0 Å². The van der Waals surface area contributed by atoms with Crippen LogP contribution < -0.4 is 4.90 Å². The molecule has 1 aromatic heterocycles. The van der Waals surface area contributed by atoms with Crippen molar-refractivity contribution in [3.63, 3.8) is 0 Å². The van der Waals surface area contributed by atoms with Crippen LogP contribution in [-0.4, -0.2) is 71.1 Å². The number of anilines is 1. The first-order valence-electron chi connectivity index (χ1n) is 11.6. The third kappa shape index (κ3) is 6.14. The maximum absolute atomic E-state index is 13.2. The van der Waals surface area contributed by atoms with Gasteiger partial charge >= 0.3 is 0 Å². The van der Waals surface area contributed by atoms with Crippen molar-refractivity contribution in [2.45, 2.75) is 13.3 Å². The van der Waals surface area contributed by atoms with Crippen LogP contribution in [0.4, 0.5) is 10.2 Å². The summed E-state index contributed by atoms with van der Waals surface area (Å²) in [6.07, 6.45) is 0.782. The zero-order valence-corrected chi connectivity index (χ0v) is 20.3. The van der Waals surface area contributed by atoms with Gasteiger partial charge in [0.25, 0.3) is 5.91 Å². The lowest BCUT2D eigenvalue weighted by Crippen LogP contribution is -2.44. The normalized spacial score (nSPS) is 13.9. The predicted octanol–water partition coefficient (Wildman–Crippen LogP) is 4.14. The number of benzene rings is 2. The van der Waals surface area contributed by atoms with Gasteiger partial charge in [0.05, 0.1) is 5.69 Å². The molecule has 0 radical (unpaired) electrons. The second kappa shape index (κ2) is 11.3. The predicted molar refractivity (Wildman–Crippen MR) is 134 cm³/mol. The number of nitrogens with zero attached hydrogens (tertiary/aromatic N) is 5. The van der Waals surface area contributed by atoms with E-state index in [2.05, 4.69) is 15.1 Å². The van der Waals surface area contributed by atoms with Crippen molar-refractivity contribution in [3.05, 3.63) is 77.1 Å². The Labute approximate surface area is 209 Å². The number of hydrogen-bond donors (Lipinski definition) is 0. The number of likely N-dealkylation sites (N-methyl/N-ethyl adjacent to an activating group) is 1. The molecule has 182 valence electrons. The fourth-order valence-corrected chi connectivity index (χ4v) is 4.16. The van der Waals surface area contributed by atoms with E-state index in [4.69, 9.17) is 11.6 Å². The van der Waals surface area contributed by atoms with E-state index < -0.39 is 0 Å². The minimum absolute atomic E-state index is 0.0319. The first-order valence-corrected chi connectivity index (χ1v) is 12.0. The van der Waals surface area contributed by atoms with E-state index in [1.807, 2.05) is 19.1 Å². The first kappa shape index (κ1) is 24.6. The molecule has 9 heteroatoms. The Bertz CT molecular complexity index is 1160. The minimum atomic E-state index is -0.293. The van der Waals surface area contributed by atoms with Crippen molar-refractivity contribution in [1.82, 2.24) is 20.0 Å². The molecule has 1 aliphatic rings. The van der Waals surface area contributed by atoms with Gasteiger partial charge in [-0.05, 0) is 74.0 Å². The van der Waals surface area contributed by atoms with Crippen LogP contribution in [0.5, 0.6) is 0 Å². The molecule has 0 bridgehead atoms. The van der Waals surface area contributed by atoms with Gasteiger partial charge < -0.3 is 14.7 Å². The molecule has 1 aliphatic heterocycles. The van der Waals surface area contributed by atoms with Gasteiger partial charge in [-0.3, -0.25) is 9.59 Å². The molecule has 0 unspecified atom stereocenters. The Morgan fingerprint density at radius 2 is 1.69 bits per heavy atom. The lowest BCUT2D eigenvalue weighted by atomic mass is 10.1. The second-order valence-corrected chi connectivity index (χ2v) is 8.77. The fourth-order valence-electron chi connectivity index (χ4n) is 4.03. The molecule has 0 saturated carbocycles. The standard InChI is InChI=1S/C26H27ClFN5O2/c1-2-31(26(35)20-4-8-21(27)9-5-20)18-25(34)33-15-3-14-32(16-17-33)24-13-12-23(29-30-24)19-6-10-22(28)11-7-19/h4-13H,2-3,14-18H2,1H3. The lowest BCUT2D eigenvalue weighted by molar-refractivity contribution is -0.131. The first-order chi connectivity index (χ1) is 16.9. The van der Waals surface area contributed by atoms with Gasteiger partial charge in [-0.25, -0.2) is 4.39 Å². The molecular weight excluding hydrogens is 469 g/mol. The topological polar surface area (TPSA) is 69.6 Å². The van der Waals surface area contributed by atoms with Crippen LogP contribution >= 0.6 is 11.6 Å². The van der Waals surface area contributed by atoms with Gasteiger partial charge in [-0.1, -0.05) is 11.6 Å². The van der Waals surface area contributed by atoms with E-state index in [1.165, 1.54) is 12.1 Å². The highest BCUT2D eigenvalue weighted by Crippen LogP contribution is 2.20. The Hall–Kier alpha value is -3.52. The van der Waals surface area contributed by atoms with E-state index >= 15 is 0 Å². The third-order valence-corrected chi connectivity index (χ3v) is 6.30. The van der Waals surface area contributed by atoms with Crippen LogP contribution in [0.25, 0.3) is 11.3 Å². The number of rotatable bonds is 6. The molecule has 0 spiro atoms. The fraction of sp³-hybridized carbons (Fsp3) is 0.308. The lowest BCUT2D eigenvalue weighted by Gasteiger charge is -2.26. The van der Waals surface area contributed by atoms with E-state index in [1.54, 1.807) is 46.2 Å². The van der Waals surface area contributed by atoms with Crippen molar-refractivity contribution in [2.24, 2.45) is 0 Å². The Kier molecular flexibility index (Phi) is 7.92. The van der Waals surface area contributed by atoms with Crippen molar-refractivity contribution < 1.29 is 14.0 Å². The summed E-state index contributed by atoms with van der Waals surface area (Å²) >= 11 is 5.92. The summed E-state index contributed by atoms with van der Waals surface area (Å²) in [5, 5.41) is 9.21. The zero-order valence-electron chi connectivity index (χ0n) is 19.5. The molecule has 3 aromatic rings. The van der Waals surface area contributed by atoms with Crippen LogP contribution in [0.1, 0.15) is 23.7 Å². The number of hydrogen-bond acceptors (Lipinski definition) is 5. The quantitative estimate of drug-likeness (QED) is 0.514. The number of halogens is 2. The molecule has 35 heavy (non-hydrogen) atoms. The van der Waals surface area contributed by atoms with Crippen molar-refractivity contribution >= 4 is 29.2 Å². The summed E-state index contributed by atoms with van der Waals surface area (Å²) in [4.78, 5) is 31.3. The molecule has 1 fully saturated rings. The number of carbonyl (C=O) groups is 2. The molecular formula is C26H27ClFN5O2.